The maximum Gasteiger partial charge on any atom is 0.0624 e. The molecular weight excluding hydrogens is 236 g/mol. The fraction of sp³-hybridized carbons (Fsp3) is 0.800. The highest BCUT2D eigenvalue weighted by atomic mass is 15.3. The van der Waals surface area contributed by atoms with E-state index in [-0.39, 0.29) is 0 Å². The lowest BCUT2D eigenvalue weighted by Crippen LogP contribution is -2.38. The van der Waals surface area contributed by atoms with Crippen LogP contribution in [0.5, 0.6) is 0 Å². The van der Waals surface area contributed by atoms with Gasteiger partial charge in [0.2, 0.25) is 0 Å². The van der Waals surface area contributed by atoms with Crippen molar-refractivity contribution in [2.45, 2.75) is 71.4 Å². The van der Waals surface area contributed by atoms with Gasteiger partial charge in [-0.15, -0.1) is 0 Å². The average molecular weight is 264 g/mol. The van der Waals surface area contributed by atoms with Crippen molar-refractivity contribution in [1.82, 2.24) is 15.2 Å². The highest BCUT2D eigenvalue weighted by Crippen LogP contribution is 2.29. The molecule has 1 unspecified atom stereocenters. The molecule has 3 N–H and O–H groups in total. The van der Waals surface area contributed by atoms with Crippen LogP contribution in [0.3, 0.4) is 0 Å². The van der Waals surface area contributed by atoms with Crippen LogP contribution in [-0.2, 0) is 19.4 Å². The fourth-order valence-electron chi connectivity index (χ4n) is 3.24. The smallest absolute Gasteiger partial charge is 0.0624 e. The lowest BCUT2D eigenvalue weighted by atomic mass is 9.96. The highest BCUT2D eigenvalue weighted by molar-refractivity contribution is 5.12. The minimum atomic E-state index is 0.384. The van der Waals surface area contributed by atoms with Gasteiger partial charge in [0, 0.05) is 24.7 Å². The Morgan fingerprint density at radius 1 is 1.42 bits per heavy atom. The summed E-state index contributed by atoms with van der Waals surface area (Å²) in [5.74, 6) is 6.62. The molecule has 0 saturated heterocycles. The second kappa shape index (κ2) is 7.06. The van der Waals surface area contributed by atoms with Crippen LogP contribution in [0.1, 0.15) is 57.3 Å². The fourth-order valence-corrected chi connectivity index (χ4v) is 3.24. The van der Waals surface area contributed by atoms with Gasteiger partial charge in [-0.25, -0.2) is 0 Å². The molecule has 0 aliphatic heterocycles. The molecule has 4 heteroatoms. The zero-order valence-electron chi connectivity index (χ0n) is 12.4. The summed E-state index contributed by atoms with van der Waals surface area (Å²) in [6.45, 7) is 5.25. The average Bonchev–Trinajstić information content (AvgIpc) is 3.06. The topological polar surface area (TPSA) is 55.9 Å². The first-order valence-electron chi connectivity index (χ1n) is 7.78. The Hall–Kier alpha value is -0.870. The molecule has 1 aliphatic rings. The quantitative estimate of drug-likeness (QED) is 0.587. The predicted octanol–water partition coefficient (Wildman–Crippen LogP) is 2.42. The number of hydrazine groups is 1. The van der Waals surface area contributed by atoms with Gasteiger partial charge in [-0.05, 0) is 31.7 Å². The maximum absolute atomic E-state index is 5.75. The number of nitrogens with one attached hydrogen (secondary N) is 1. The van der Waals surface area contributed by atoms with Gasteiger partial charge in [0.05, 0.1) is 5.69 Å². The minimum Gasteiger partial charge on any atom is -0.271 e. The van der Waals surface area contributed by atoms with E-state index in [9.17, 15) is 0 Å². The molecular formula is C15H28N4. The Kier molecular flexibility index (Phi) is 5.40. The van der Waals surface area contributed by atoms with E-state index in [1.165, 1.54) is 43.5 Å². The number of aromatic nitrogens is 2. The number of nitrogens with zero attached hydrogens (tertiary/aromatic N) is 2. The normalized spacial score (nSPS) is 18.1. The van der Waals surface area contributed by atoms with Crippen molar-refractivity contribution in [2.75, 3.05) is 0 Å². The Morgan fingerprint density at radius 3 is 2.74 bits per heavy atom. The van der Waals surface area contributed by atoms with Crippen LogP contribution in [-0.4, -0.2) is 15.8 Å². The van der Waals surface area contributed by atoms with Crippen molar-refractivity contribution in [2.24, 2.45) is 11.8 Å². The molecule has 1 aromatic heterocycles. The summed E-state index contributed by atoms with van der Waals surface area (Å²) < 4.78 is 2.12. The first kappa shape index (κ1) is 14.5. The van der Waals surface area contributed by atoms with Crippen LogP contribution >= 0.6 is 0 Å². The standard InChI is InChI=1S/C15H28N4/c1-3-13-10-15(19(4-2)18-13)11-14(17-16)9-12-7-5-6-8-12/h10,12,14,17H,3-9,11,16H2,1-2H3. The molecule has 1 aliphatic carbocycles. The minimum absolute atomic E-state index is 0.384. The Labute approximate surface area is 116 Å². The lowest BCUT2D eigenvalue weighted by molar-refractivity contribution is 0.382. The van der Waals surface area contributed by atoms with Crippen molar-refractivity contribution >= 4 is 0 Å². The molecule has 0 spiro atoms. The summed E-state index contributed by atoms with van der Waals surface area (Å²) >= 11 is 0. The summed E-state index contributed by atoms with van der Waals surface area (Å²) in [6.07, 6.45) is 8.75. The number of rotatable bonds is 7. The van der Waals surface area contributed by atoms with Gasteiger partial charge in [-0.1, -0.05) is 32.6 Å². The molecule has 0 amide bonds. The van der Waals surface area contributed by atoms with Gasteiger partial charge < -0.3 is 0 Å². The van der Waals surface area contributed by atoms with E-state index >= 15 is 0 Å². The Bertz CT molecular complexity index is 379. The van der Waals surface area contributed by atoms with Crippen LogP contribution in [0, 0.1) is 5.92 Å². The van der Waals surface area contributed by atoms with Gasteiger partial charge >= 0.3 is 0 Å². The number of aryl methyl sites for hydroxylation is 2. The third-order valence-electron chi connectivity index (χ3n) is 4.36. The third-order valence-corrected chi connectivity index (χ3v) is 4.36. The van der Waals surface area contributed by atoms with Gasteiger partial charge in [-0.3, -0.25) is 16.0 Å². The van der Waals surface area contributed by atoms with Crippen LogP contribution in [0.2, 0.25) is 0 Å². The summed E-state index contributed by atoms with van der Waals surface area (Å²) in [5, 5.41) is 4.61. The lowest BCUT2D eigenvalue weighted by Gasteiger charge is -2.20. The summed E-state index contributed by atoms with van der Waals surface area (Å²) in [4.78, 5) is 0. The second-order valence-corrected chi connectivity index (χ2v) is 5.75. The zero-order valence-corrected chi connectivity index (χ0v) is 12.4. The first-order chi connectivity index (χ1) is 9.26. The van der Waals surface area contributed by atoms with Crippen LogP contribution in [0.15, 0.2) is 6.07 Å². The number of nitrogens with two attached hydrogens (primary N) is 1. The predicted molar refractivity (Wildman–Crippen MR) is 78.7 cm³/mol. The summed E-state index contributed by atoms with van der Waals surface area (Å²) in [5.41, 5.74) is 5.52. The van der Waals surface area contributed by atoms with E-state index in [4.69, 9.17) is 5.84 Å². The van der Waals surface area contributed by atoms with Crippen molar-refractivity contribution in [3.05, 3.63) is 17.5 Å². The molecule has 19 heavy (non-hydrogen) atoms. The molecule has 1 fully saturated rings. The van der Waals surface area contributed by atoms with Gasteiger partial charge in [-0.2, -0.15) is 5.10 Å². The third kappa shape index (κ3) is 3.80. The number of hydrogen-bond donors (Lipinski definition) is 2. The van der Waals surface area contributed by atoms with E-state index in [2.05, 4.69) is 35.1 Å². The zero-order chi connectivity index (χ0) is 13.7. The molecule has 0 aromatic carbocycles. The molecule has 1 aromatic rings. The van der Waals surface area contributed by atoms with Crippen molar-refractivity contribution in [3.8, 4) is 0 Å². The molecule has 4 nitrogen and oxygen atoms in total. The van der Waals surface area contributed by atoms with Crippen LogP contribution in [0.25, 0.3) is 0 Å². The molecule has 1 saturated carbocycles. The molecule has 0 bridgehead atoms. The van der Waals surface area contributed by atoms with Crippen LogP contribution < -0.4 is 11.3 Å². The first-order valence-corrected chi connectivity index (χ1v) is 7.78. The molecule has 108 valence electrons. The van der Waals surface area contributed by atoms with Gasteiger partial charge in [0.25, 0.3) is 0 Å². The summed E-state index contributed by atoms with van der Waals surface area (Å²) in [6, 6.07) is 2.62. The van der Waals surface area contributed by atoms with Crippen molar-refractivity contribution in [3.63, 3.8) is 0 Å². The van der Waals surface area contributed by atoms with E-state index in [1.54, 1.807) is 0 Å². The monoisotopic (exact) mass is 264 g/mol. The summed E-state index contributed by atoms with van der Waals surface area (Å²) in [7, 11) is 0. The van der Waals surface area contributed by atoms with Crippen LogP contribution in [0.4, 0.5) is 0 Å². The van der Waals surface area contributed by atoms with Crippen molar-refractivity contribution in [1.29, 1.82) is 0 Å². The highest BCUT2D eigenvalue weighted by Gasteiger charge is 2.21. The van der Waals surface area contributed by atoms with Gasteiger partial charge in [0.15, 0.2) is 0 Å². The Morgan fingerprint density at radius 2 is 2.16 bits per heavy atom. The van der Waals surface area contributed by atoms with E-state index in [0.29, 0.717) is 6.04 Å². The SMILES string of the molecule is CCc1cc(CC(CC2CCCC2)NN)n(CC)n1. The van der Waals surface area contributed by atoms with Crippen molar-refractivity contribution < 1.29 is 0 Å². The maximum atomic E-state index is 5.75. The van der Waals surface area contributed by atoms with E-state index in [1.807, 2.05) is 0 Å². The molecule has 2 rings (SSSR count). The Balaban J connectivity index is 1.98. The van der Waals surface area contributed by atoms with Gasteiger partial charge in [0.1, 0.15) is 0 Å². The number of hydrogen-bond acceptors (Lipinski definition) is 3. The molecule has 1 heterocycles. The molecule has 0 radical (unpaired) electrons. The second-order valence-electron chi connectivity index (χ2n) is 5.75. The van der Waals surface area contributed by atoms with E-state index < -0.39 is 0 Å². The van der Waals surface area contributed by atoms with E-state index in [0.717, 1.165) is 25.3 Å². The molecule has 1 atom stereocenters. The largest absolute Gasteiger partial charge is 0.271 e.